The molecule has 0 N–H and O–H groups in total. The van der Waals surface area contributed by atoms with Gasteiger partial charge in [0.2, 0.25) is 0 Å². The highest BCUT2D eigenvalue weighted by Gasteiger charge is 2.50. The lowest BCUT2D eigenvalue weighted by Crippen LogP contribution is -2.46. The van der Waals surface area contributed by atoms with E-state index in [1.54, 1.807) is 20.4 Å². The van der Waals surface area contributed by atoms with Gasteiger partial charge in [-0.1, -0.05) is 17.3 Å². The molecule has 1 aliphatic heterocycles. The molecule has 2 aromatic rings. The number of oxime groups is 1. The first-order chi connectivity index (χ1) is 14.2. The predicted octanol–water partition coefficient (Wildman–Crippen LogP) is 3.80. The van der Waals surface area contributed by atoms with Crippen molar-refractivity contribution in [3.05, 3.63) is 53.9 Å². The highest BCUT2D eigenvalue weighted by Crippen LogP contribution is 2.49. The maximum atomic E-state index is 5.64. The van der Waals surface area contributed by atoms with Crippen LogP contribution in [-0.2, 0) is 16.9 Å². The highest BCUT2D eigenvalue weighted by molar-refractivity contribution is 5.86. The average molecular weight is 396 g/mol. The van der Waals surface area contributed by atoms with Crippen molar-refractivity contribution in [2.45, 2.75) is 43.7 Å². The Bertz CT molecular complexity index is 871. The molecule has 0 bridgehead atoms. The van der Waals surface area contributed by atoms with Crippen LogP contribution in [0.3, 0.4) is 0 Å². The van der Waals surface area contributed by atoms with Crippen molar-refractivity contribution in [2.24, 2.45) is 5.16 Å². The van der Waals surface area contributed by atoms with Crippen LogP contribution in [-0.4, -0.2) is 49.4 Å². The smallest absolute Gasteiger partial charge is 0.161 e. The van der Waals surface area contributed by atoms with E-state index in [-0.39, 0.29) is 5.41 Å². The fourth-order valence-electron chi connectivity index (χ4n) is 4.85. The number of likely N-dealkylation sites (N-methyl/N-ethyl adjacent to an activating group) is 1. The van der Waals surface area contributed by atoms with Gasteiger partial charge in [0.1, 0.15) is 6.61 Å². The van der Waals surface area contributed by atoms with Gasteiger partial charge in [0, 0.05) is 35.8 Å². The second-order valence-corrected chi connectivity index (χ2v) is 7.97. The van der Waals surface area contributed by atoms with Gasteiger partial charge in [-0.15, -0.1) is 0 Å². The fourth-order valence-corrected chi connectivity index (χ4v) is 4.85. The van der Waals surface area contributed by atoms with E-state index < -0.39 is 0 Å². The van der Waals surface area contributed by atoms with Crippen LogP contribution in [0.15, 0.2) is 47.9 Å². The van der Waals surface area contributed by atoms with Crippen LogP contribution in [0, 0.1) is 0 Å². The van der Waals surface area contributed by atoms with E-state index in [0.717, 1.165) is 55.0 Å². The Morgan fingerprint density at radius 2 is 2.03 bits per heavy atom. The van der Waals surface area contributed by atoms with Crippen LogP contribution in [0.2, 0.25) is 0 Å². The van der Waals surface area contributed by atoms with E-state index in [1.165, 1.54) is 5.56 Å². The zero-order valence-corrected chi connectivity index (χ0v) is 17.4. The number of methoxy groups -OCH3 is 2. The average Bonchev–Trinajstić information content (AvgIpc) is 3.11. The van der Waals surface area contributed by atoms with E-state index in [2.05, 4.69) is 34.2 Å². The van der Waals surface area contributed by atoms with Crippen LogP contribution in [0.1, 0.15) is 36.8 Å². The van der Waals surface area contributed by atoms with Gasteiger partial charge in [-0.05, 0) is 56.6 Å². The summed E-state index contributed by atoms with van der Waals surface area (Å²) in [4.78, 5) is 12.2. The van der Waals surface area contributed by atoms with Gasteiger partial charge in [0.15, 0.2) is 11.5 Å². The lowest BCUT2D eigenvalue weighted by Gasteiger charge is -2.42. The molecule has 2 fully saturated rings. The minimum Gasteiger partial charge on any atom is -0.493 e. The number of nitrogens with zero attached hydrogens (tertiary/aromatic N) is 3. The Morgan fingerprint density at radius 3 is 2.79 bits per heavy atom. The van der Waals surface area contributed by atoms with E-state index in [9.17, 15) is 0 Å². The Morgan fingerprint density at radius 1 is 1.17 bits per heavy atom. The van der Waals surface area contributed by atoms with Crippen molar-refractivity contribution in [3.63, 3.8) is 0 Å². The second kappa shape index (κ2) is 8.41. The summed E-state index contributed by atoms with van der Waals surface area (Å²) in [6.45, 7) is 1.54. The van der Waals surface area contributed by atoms with Gasteiger partial charge in [0.05, 0.1) is 19.9 Å². The third-order valence-corrected chi connectivity index (χ3v) is 6.48. The van der Waals surface area contributed by atoms with Crippen molar-refractivity contribution >= 4 is 5.71 Å². The summed E-state index contributed by atoms with van der Waals surface area (Å²) in [5, 5.41) is 4.48. The quantitative estimate of drug-likeness (QED) is 0.697. The van der Waals surface area contributed by atoms with Crippen molar-refractivity contribution < 1.29 is 14.3 Å². The van der Waals surface area contributed by atoms with E-state index in [1.807, 2.05) is 24.4 Å². The first-order valence-electron chi connectivity index (χ1n) is 10.2. The number of rotatable bonds is 6. The lowest BCUT2D eigenvalue weighted by atomic mass is 9.65. The van der Waals surface area contributed by atoms with Crippen LogP contribution in [0.5, 0.6) is 11.5 Å². The van der Waals surface area contributed by atoms with Crippen molar-refractivity contribution in [1.29, 1.82) is 0 Å². The number of fused-ring (bicyclic) bond motifs is 1. The number of benzene rings is 1. The number of likely N-dealkylation sites (tertiary alicyclic amines) is 1. The van der Waals surface area contributed by atoms with Crippen LogP contribution in [0.4, 0.5) is 0 Å². The molecular formula is C23H29N3O3. The van der Waals surface area contributed by atoms with Gasteiger partial charge in [-0.25, -0.2) is 0 Å². The van der Waals surface area contributed by atoms with Crippen LogP contribution < -0.4 is 9.47 Å². The summed E-state index contributed by atoms with van der Waals surface area (Å²) < 4.78 is 11.0. The van der Waals surface area contributed by atoms with Crippen molar-refractivity contribution in [3.8, 4) is 11.5 Å². The van der Waals surface area contributed by atoms with Gasteiger partial charge in [-0.2, -0.15) is 0 Å². The predicted molar refractivity (Wildman–Crippen MR) is 113 cm³/mol. The molecule has 154 valence electrons. The molecule has 1 saturated heterocycles. The molecule has 0 amide bonds. The van der Waals surface area contributed by atoms with Crippen LogP contribution in [0.25, 0.3) is 0 Å². The molecule has 2 atom stereocenters. The molecule has 6 heteroatoms. The summed E-state index contributed by atoms with van der Waals surface area (Å²) in [5.74, 6) is 1.57. The normalized spacial score (nSPS) is 25.6. The molecule has 1 aromatic heterocycles. The summed E-state index contributed by atoms with van der Waals surface area (Å²) >= 11 is 0. The zero-order valence-electron chi connectivity index (χ0n) is 17.4. The Balaban J connectivity index is 1.52. The first-order valence-corrected chi connectivity index (χ1v) is 10.2. The van der Waals surface area contributed by atoms with E-state index >= 15 is 0 Å². The van der Waals surface area contributed by atoms with Crippen molar-refractivity contribution in [1.82, 2.24) is 9.88 Å². The number of pyridine rings is 1. The highest BCUT2D eigenvalue weighted by atomic mass is 16.6. The standard InChI is InChI=1S/C23H29N3O3/c1-26-12-10-23(18-6-7-20(27-2)21(13-18)28-3)9-8-19(14-22(23)26)25-29-16-17-5-4-11-24-15-17/h4-7,11,13,15,22H,8-10,12,14,16H2,1-3H3/b25-19+/t22-,23-/m0/s1. The number of hydrogen-bond acceptors (Lipinski definition) is 6. The molecule has 2 heterocycles. The molecule has 0 spiro atoms. The van der Waals surface area contributed by atoms with Gasteiger partial charge in [0.25, 0.3) is 0 Å². The van der Waals surface area contributed by atoms with E-state index in [4.69, 9.17) is 14.3 Å². The topological polar surface area (TPSA) is 56.2 Å². The molecule has 1 saturated carbocycles. The minimum atomic E-state index is 0.122. The minimum absolute atomic E-state index is 0.122. The number of ether oxygens (including phenoxy) is 2. The Labute approximate surface area is 172 Å². The summed E-state index contributed by atoms with van der Waals surface area (Å²) in [6, 6.07) is 10.7. The SMILES string of the molecule is COc1ccc([C@@]23CC/C(=N\OCc4cccnc4)C[C@@H]2N(C)CC3)cc1OC. The molecule has 4 rings (SSSR count). The van der Waals surface area contributed by atoms with Gasteiger partial charge in [-0.3, -0.25) is 4.98 Å². The first kappa shape index (κ1) is 19.7. The van der Waals surface area contributed by atoms with Crippen molar-refractivity contribution in [2.75, 3.05) is 27.8 Å². The van der Waals surface area contributed by atoms with E-state index in [0.29, 0.717) is 12.6 Å². The molecule has 1 aromatic carbocycles. The molecule has 6 nitrogen and oxygen atoms in total. The maximum Gasteiger partial charge on any atom is 0.161 e. The molecule has 0 radical (unpaired) electrons. The maximum absolute atomic E-state index is 5.64. The zero-order chi connectivity index (χ0) is 20.3. The van der Waals surface area contributed by atoms with Gasteiger partial charge < -0.3 is 19.2 Å². The third-order valence-electron chi connectivity index (χ3n) is 6.48. The summed E-state index contributed by atoms with van der Waals surface area (Å²) in [7, 11) is 5.59. The van der Waals surface area contributed by atoms with Gasteiger partial charge >= 0.3 is 0 Å². The number of aromatic nitrogens is 1. The summed E-state index contributed by atoms with van der Waals surface area (Å²) in [6.07, 6.45) is 7.66. The summed E-state index contributed by atoms with van der Waals surface area (Å²) in [5.41, 5.74) is 3.63. The fraction of sp³-hybridized carbons (Fsp3) is 0.478. The second-order valence-electron chi connectivity index (χ2n) is 7.97. The van der Waals surface area contributed by atoms with Crippen LogP contribution >= 0.6 is 0 Å². The Hall–Kier alpha value is -2.60. The molecule has 2 aliphatic rings. The molecule has 29 heavy (non-hydrogen) atoms. The molecule has 1 aliphatic carbocycles. The lowest BCUT2D eigenvalue weighted by molar-refractivity contribution is 0.125. The Kier molecular flexibility index (Phi) is 5.72. The monoisotopic (exact) mass is 395 g/mol. The largest absolute Gasteiger partial charge is 0.493 e. The molecule has 0 unspecified atom stereocenters. The number of hydrogen-bond donors (Lipinski definition) is 0. The molecular weight excluding hydrogens is 366 g/mol. The third kappa shape index (κ3) is 3.81.